The van der Waals surface area contributed by atoms with Crippen LogP contribution in [0.4, 0.5) is 4.79 Å². The highest BCUT2D eigenvalue weighted by Crippen LogP contribution is 2.34. The molecular weight excluding hydrogens is 224 g/mol. The summed E-state index contributed by atoms with van der Waals surface area (Å²) >= 11 is 1.57. The molecule has 2 rings (SSSR count). The minimum Gasteiger partial charge on any atom is -0.449 e. The number of rotatable bonds is 2. The van der Waals surface area contributed by atoms with Gasteiger partial charge in [0.05, 0.1) is 0 Å². The summed E-state index contributed by atoms with van der Waals surface area (Å²) in [5.41, 5.74) is 1.97. The van der Waals surface area contributed by atoms with Gasteiger partial charge in [-0.3, -0.25) is 0 Å². The fraction of sp³-hybridized carbons (Fsp3) is 0.0833. The molecule has 0 unspecified atom stereocenters. The van der Waals surface area contributed by atoms with Crippen molar-refractivity contribution in [2.45, 2.75) is 6.92 Å². The SMILES string of the molecule is Cc1csc(-c2ccccc2OC(=O)O)c1. The fourth-order valence-electron chi connectivity index (χ4n) is 1.43. The molecule has 0 aliphatic rings. The summed E-state index contributed by atoms with van der Waals surface area (Å²) in [6.45, 7) is 2.00. The first-order chi connectivity index (χ1) is 7.66. The van der Waals surface area contributed by atoms with E-state index in [9.17, 15) is 4.79 Å². The maximum Gasteiger partial charge on any atom is 0.511 e. The largest absolute Gasteiger partial charge is 0.511 e. The molecule has 0 aliphatic carbocycles. The lowest BCUT2D eigenvalue weighted by Gasteiger charge is -2.05. The van der Waals surface area contributed by atoms with Gasteiger partial charge in [-0.05, 0) is 36.1 Å². The van der Waals surface area contributed by atoms with E-state index < -0.39 is 6.16 Å². The lowest BCUT2D eigenvalue weighted by Crippen LogP contribution is -2.03. The van der Waals surface area contributed by atoms with Gasteiger partial charge in [-0.1, -0.05) is 12.1 Å². The molecule has 0 aliphatic heterocycles. The number of hydrogen-bond donors (Lipinski definition) is 1. The maximum absolute atomic E-state index is 10.5. The van der Waals surface area contributed by atoms with Crippen molar-refractivity contribution in [2.24, 2.45) is 0 Å². The van der Waals surface area contributed by atoms with E-state index in [0.29, 0.717) is 5.75 Å². The van der Waals surface area contributed by atoms with Gasteiger partial charge >= 0.3 is 6.16 Å². The molecular formula is C12H10O3S. The Morgan fingerprint density at radius 3 is 2.75 bits per heavy atom. The quantitative estimate of drug-likeness (QED) is 0.635. The summed E-state index contributed by atoms with van der Waals surface area (Å²) in [5.74, 6) is 0.372. The second-order valence-corrected chi connectivity index (χ2v) is 4.26. The standard InChI is InChI=1S/C12H10O3S/c1-8-6-11(16-7-8)9-4-2-3-5-10(9)15-12(13)14/h2-7H,1H3,(H,13,14). The van der Waals surface area contributed by atoms with Crippen molar-refractivity contribution in [3.8, 4) is 16.2 Å². The second-order valence-electron chi connectivity index (χ2n) is 3.35. The van der Waals surface area contributed by atoms with Gasteiger partial charge in [0.15, 0.2) is 0 Å². The smallest absolute Gasteiger partial charge is 0.449 e. The molecule has 16 heavy (non-hydrogen) atoms. The van der Waals surface area contributed by atoms with Crippen LogP contribution in [0, 0.1) is 6.92 Å². The average molecular weight is 234 g/mol. The molecule has 0 atom stereocenters. The fourth-order valence-corrected chi connectivity index (χ4v) is 2.36. The summed E-state index contributed by atoms with van der Waals surface area (Å²) in [4.78, 5) is 11.5. The van der Waals surface area contributed by atoms with E-state index in [0.717, 1.165) is 16.0 Å². The van der Waals surface area contributed by atoms with Crippen molar-refractivity contribution in [1.82, 2.24) is 0 Å². The van der Waals surface area contributed by atoms with E-state index >= 15 is 0 Å². The Morgan fingerprint density at radius 1 is 1.38 bits per heavy atom. The van der Waals surface area contributed by atoms with Crippen LogP contribution in [0.3, 0.4) is 0 Å². The van der Waals surface area contributed by atoms with E-state index in [4.69, 9.17) is 9.84 Å². The number of benzene rings is 1. The molecule has 1 aromatic carbocycles. The zero-order chi connectivity index (χ0) is 11.5. The molecule has 0 bridgehead atoms. The molecule has 4 heteroatoms. The minimum absolute atomic E-state index is 0.372. The summed E-state index contributed by atoms with van der Waals surface area (Å²) in [5, 5.41) is 10.6. The van der Waals surface area contributed by atoms with Gasteiger partial charge < -0.3 is 9.84 Å². The highest BCUT2D eigenvalue weighted by atomic mass is 32.1. The normalized spacial score (nSPS) is 10.1. The van der Waals surface area contributed by atoms with Crippen molar-refractivity contribution >= 4 is 17.5 Å². The topological polar surface area (TPSA) is 46.5 Å². The molecule has 0 spiro atoms. The first-order valence-electron chi connectivity index (χ1n) is 4.72. The Kier molecular flexibility index (Phi) is 2.92. The van der Waals surface area contributed by atoms with Gasteiger partial charge in [-0.2, -0.15) is 0 Å². The molecule has 1 aromatic heterocycles. The molecule has 1 heterocycles. The minimum atomic E-state index is -1.29. The van der Waals surface area contributed by atoms with Crippen LogP contribution in [-0.2, 0) is 0 Å². The predicted molar refractivity (Wildman–Crippen MR) is 63.1 cm³/mol. The maximum atomic E-state index is 10.5. The van der Waals surface area contributed by atoms with Gasteiger partial charge in [0.2, 0.25) is 0 Å². The van der Waals surface area contributed by atoms with Crippen molar-refractivity contribution in [2.75, 3.05) is 0 Å². The van der Waals surface area contributed by atoms with Crippen LogP contribution in [0.1, 0.15) is 5.56 Å². The number of carboxylic acid groups (broad SMARTS) is 1. The Bertz CT molecular complexity index is 516. The zero-order valence-corrected chi connectivity index (χ0v) is 9.45. The third kappa shape index (κ3) is 2.23. The lowest BCUT2D eigenvalue weighted by atomic mass is 10.1. The average Bonchev–Trinajstić information content (AvgIpc) is 2.65. The van der Waals surface area contributed by atoms with Crippen LogP contribution in [0.5, 0.6) is 5.75 Å². The number of hydrogen-bond acceptors (Lipinski definition) is 3. The summed E-state index contributed by atoms with van der Waals surface area (Å²) in [6.07, 6.45) is -1.29. The van der Waals surface area contributed by atoms with Crippen molar-refractivity contribution in [3.63, 3.8) is 0 Å². The zero-order valence-electron chi connectivity index (χ0n) is 8.64. The predicted octanol–water partition coefficient (Wildman–Crippen LogP) is 3.78. The lowest BCUT2D eigenvalue weighted by molar-refractivity contribution is 0.144. The van der Waals surface area contributed by atoms with Gasteiger partial charge in [0.25, 0.3) is 0 Å². The molecule has 0 radical (unpaired) electrons. The van der Waals surface area contributed by atoms with Crippen molar-refractivity contribution < 1.29 is 14.6 Å². The molecule has 0 fully saturated rings. The highest BCUT2D eigenvalue weighted by molar-refractivity contribution is 7.13. The molecule has 1 N–H and O–H groups in total. The monoisotopic (exact) mass is 234 g/mol. The van der Waals surface area contributed by atoms with Crippen LogP contribution >= 0.6 is 11.3 Å². The Balaban J connectivity index is 2.43. The van der Waals surface area contributed by atoms with Gasteiger partial charge in [0.1, 0.15) is 5.75 Å². The second kappa shape index (κ2) is 4.37. The molecule has 2 aromatic rings. The third-order valence-corrected chi connectivity index (χ3v) is 3.16. The van der Waals surface area contributed by atoms with Crippen LogP contribution < -0.4 is 4.74 Å². The van der Waals surface area contributed by atoms with E-state index in [2.05, 4.69) is 0 Å². The van der Waals surface area contributed by atoms with Gasteiger partial charge in [-0.25, -0.2) is 4.79 Å². The summed E-state index contributed by atoms with van der Waals surface area (Å²) in [6, 6.07) is 9.12. The summed E-state index contributed by atoms with van der Waals surface area (Å²) in [7, 11) is 0. The highest BCUT2D eigenvalue weighted by Gasteiger charge is 2.10. The number of thiophene rings is 1. The number of aryl methyl sites for hydroxylation is 1. The van der Waals surface area contributed by atoms with Crippen LogP contribution in [-0.4, -0.2) is 11.3 Å². The van der Waals surface area contributed by atoms with Crippen molar-refractivity contribution in [3.05, 3.63) is 41.3 Å². The molecule has 0 saturated carbocycles. The number of ether oxygens (including phenoxy) is 1. The molecule has 82 valence electrons. The number of carbonyl (C=O) groups is 1. The van der Waals surface area contributed by atoms with Crippen LogP contribution in [0.25, 0.3) is 10.4 Å². The van der Waals surface area contributed by atoms with Gasteiger partial charge in [-0.15, -0.1) is 11.3 Å². The molecule has 0 saturated heterocycles. The van der Waals surface area contributed by atoms with E-state index in [1.165, 1.54) is 0 Å². The molecule has 3 nitrogen and oxygen atoms in total. The van der Waals surface area contributed by atoms with Crippen molar-refractivity contribution in [1.29, 1.82) is 0 Å². The number of para-hydroxylation sites is 1. The van der Waals surface area contributed by atoms with E-state index in [1.807, 2.05) is 30.5 Å². The van der Waals surface area contributed by atoms with Gasteiger partial charge in [0, 0.05) is 10.4 Å². The Hall–Kier alpha value is -1.81. The summed E-state index contributed by atoms with van der Waals surface area (Å²) < 4.78 is 4.73. The van der Waals surface area contributed by atoms with E-state index in [-0.39, 0.29) is 0 Å². The first kappa shape index (κ1) is 10.7. The third-order valence-electron chi connectivity index (χ3n) is 2.08. The Morgan fingerprint density at radius 2 is 2.12 bits per heavy atom. The first-order valence-corrected chi connectivity index (χ1v) is 5.60. The molecule has 0 amide bonds. The Labute approximate surface area is 96.9 Å². The van der Waals surface area contributed by atoms with Crippen LogP contribution in [0.15, 0.2) is 35.7 Å². The van der Waals surface area contributed by atoms with E-state index in [1.54, 1.807) is 23.5 Å². The van der Waals surface area contributed by atoms with Crippen LogP contribution in [0.2, 0.25) is 0 Å².